The van der Waals surface area contributed by atoms with E-state index in [9.17, 15) is 4.39 Å². The summed E-state index contributed by atoms with van der Waals surface area (Å²) in [6.45, 7) is 3.33. The molecule has 0 atom stereocenters. The molecule has 0 aromatic rings. The topological polar surface area (TPSA) is 26.0 Å². The second-order valence-corrected chi connectivity index (χ2v) is 2.22. The number of nitrogens with two attached hydrogens (primary N) is 1. The number of halogens is 1. The average molecular weight is 143 g/mol. The highest BCUT2D eigenvalue weighted by Crippen LogP contribution is 2.01. The summed E-state index contributed by atoms with van der Waals surface area (Å²) in [5.74, 6) is 0. The highest BCUT2D eigenvalue weighted by molar-refractivity contribution is 5.15. The minimum absolute atomic E-state index is 0.375. The molecule has 0 unspecified atom stereocenters. The molecule has 0 saturated heterocycles. The maximum Gasteiger partial charge on any atom is 0.111 e. The molecule has 10 heavy (non-hydrogen) atoms. The molecule has 0 aromatic heterocycles. The van der Waals surface area contributed by atoms with Crippen molar-refractivity contribution in [1.29, 1.82) is 0 Å². The molecule has 0 radical (unpaired) electrons. The van der Waals surface area contributed by atoms with Gasteiger partial charge >= 0.3 is 0 Å². The number of alkyl halides is 1. The van der Waals surface area contributed by atoms with Gasteiger partial charge in [-0.05, 0) is 25.0 Å². The summed E-state index contributed by atoms with van der Waals surface area (Å²) in [4.78, 5) is 0. The van der Waals surface area contributed by atoms with Crippen molar-refractivity contribution < 1.29 is 4.39 Å². The highest BCUT2D eigenvalue weighted by Gasteiger charge is 1.88. The third-order valence-electron chi connectivity index (χ3n) is 1.21. The van der Waals surface area contributed by atoms with E-state index >= 15 is 0 Å². The second kappa shape index (κ2) is 5.03. The molecule has 0 spiro atoms. The lowest BCUT2D eigenvalue weighted by Gasteiger charge is -1.93. The van der Waals surface area contributed by atoms with E-state index in [1.54, 1.807) is 19.1 Å². The van der Waals surface area contributed by atoms with E-state index in [4.69, 9.17) is 5.73 Å². The summed E-state index contributed by atoms with van der Waals surface area (Å²) < 4.78 is 12.0. The van der Waals surface area contributed by atoms with Crippen LogP contribution in [0.5, 0.6) is 0 Å². The predicted octanol–water partition coefficient (Wildman–Crippen LogP) is 2.15. The van der Waals surface area contributed by atoms with Gasteiger partial charge in [-0.1, -0.05) is 13.0 Å². The van der Waals surface area contributed by atoms with Crippen molar-refractivity contribution in [2.75, 3.05) is 6.67 Å². The first kappa shape index (κ1) is 9.21. The number of hydrogen-bond acceptors (Lipinski definition) is 1. The first-order valence-electron chi connectivity index (χ1n) is 3.38. The van der Waals surface area contributed by atoms with Gasteiger partial charge in [-0.25, -0.2) is 4.39 Å². The molecule has 58 valence electrons. The van der Waals surface area contributed by atoms with E-state index in [1.807, 2.05) is 6.92 Å². The fraction of sp³-hybridized carbons (Fsp3) is 0.500. The molecule has 0 aliphatic heterocycles. The van der Waals surface area contributed by atoms with Crippen LogP contribution in [0.1, 0.15) is 20.3 Å². The van der Waals surface area contributed by atoms with E-state index in [-0.39, 0.29) is 6.67 Å². The Hall–Kier alpha value is -0.790. The SMILES string of the molecule is CC/C(=C\C=C(/C)N)CF. The Morgan fingerprint density at radius 2 is 2.10 bits per heavy atom. The van der Waals surface area contributed by atoms with Gasteiger partial charge in [-0.2, -0.15) is 0 Å². The zero-order valence-electron chi connectivity index (χ0n) is 6.52. The summed E-state index contributed by atoms with van der Waals surface area (Å²) in [7, 11) is 0. The largest absolute Gasteiger partial charge is 0.402 e. The first-order valence-corrected chi connectivity index (χ1v) is 3.38. The molecule has 2 heteroatoms. The van der Waals surface area contributed by atoms with E-state index in [2.05, 4.69) is 0 Å². The molecule has 0 aliphatic rings. The highest BCUT2D eigenvalue weighted by atomic mass is 19.1. The molecule has 0 heterocycles. The Bertz CT molecular complexity index is 137. The van der Waals surface area contributed by atoms with E-state index in [0.29, 0.717) is 5.70 Å². The third kappa shape index (κ3) is 4.13. The monoisotopic (exact) mass is 143 g/mol. The van der Waals surface area contributed by atoms with Crippen LogP contribution in [0.25, 0.3) is 0 Å². The first-order chi connectivity index (χ1) is 4.70. The lowest BCUT2D eigenvalue weighted by atomic mass is 10.2. The second-order valence-electron chi connectivity index (χ2n) is 2.22. The Balaban J connectivity index is 3.99. The molecule has 2 N–H and O–H groups in total. The molecular weight excluding hydrogens is 129 g/mol. The van der Waals surface area contributed by atoms with Crippen LogP contribution in [0.2, 0.25) is 0 Å². The summed E-state index contributed by atoms with van der Waals surface area (Å²) >= 11 is 0. The van der Waals surface area contributed by atoms with Gasteiger partial charge in [-0.3, -0.25) is 0 Å². The van der Waals surface area contributed by atoms with Gasteiger partial charge in [0, 0.05) is 5.70 Å². The Morgan fingerprint density at radius 1 is 1.50 bits per heavy atom. The lowest BCUT2D eigenvalue weighted by Crippen LogP contribution is -1.89. The number of rotatable bonds is 3. The zero-order chi connectivity index (χ0) is 7.98. The van der Waals surface area contributed by atoms with Crippen molar-refractivity contribution in [2.24, 2.45) is 5.73 Å². The maximum absolute atomic E-state index is 12.0. The van der Waals surface area contributed by atoms with Crippen LogP contribution in [0.4, 0.5) is 4.39 Å². The van der Waals surface area contributed by atoms with Gasteiger partial charge in [0.15, 0.2) is 0 Å². The van der Waals surface area contributed by atoms with E-state index < -0.39 is 0 Å². The third-order valence-corrected chi connectivity index (χ3v) is 1.21. The van der Waals surface area contributed by atoms with Crippen molar-refractivity contribution >= 4 is 0 Å². The Morgan fingerprint density at radius 3 is 2.40 bits per heavy atom. The molecule has 1 nitrogen and oxygen atoms in total. The Kier molecular flexibility index (Phi) is 4.63. The van der Waals surface area contributed by atoms with Crippen LogP contribution in [-0.4, -0.2) is 6.67 Å². The van der Waals surface area contributed by atoms with E-state index in [1.165, 1.54) is 0 Å². The molecule has 0 bridgehead atoms. The van der Waals surface area contributed by atoms with Gasteiger partial charge in [0.05, 0.1) is 0 Å². The summed E-state index contributed by atoms with van der Waals surface area (Å²) in [5.41, 5.74) is 6.83. The smallest absolute Gasteiger partial charge is 0.111 e. The van der Waals surface area contributed by atoms with Crippen molar-refractivity contribution in [3.05, 3.63) is 23.4 Å². The van der Waals surface area contributed by atoms with Crippen molar-refractivity contribution in [3.8, 4) is 0 Å². The quantitative estimate of drug-likeness (QED) is 0.602. The molecule has 0 rings (SSSR count). The predicted molar refractivity (Wildman–Crippen MR) is 42.3 cm³/mol. The van der Waals surface area contributed by atoms with Crippen LogP contribution in [0.15, 0.2) is 23.4 Å². The lowest BCUT2D eigenvalue weighted by molar-refractivity contribution is 0.535. The van der Waals surface area contributed by atoms with Crippen LogP contribution < -0.4 is 5.73 Å². The fourth-order valence-electron chi connectivity index (χ4n) is 0.506. The van der Waals surface area contributed by atoms with Gasteiger partial charge in [0.1, 0.15) is 6.67 Å². The maximum atomic E-state index is 12.0. The zero-order valence-corrected chi connectivity index (χ0v) is 6.52. The minimum Gasteiger partial charge on any atom is -0.402 e. The van der Waals surface area contributed by atoms with Gasteiger partial charge in [0.25, 0.3) is 0 Å². The van der Waals surface area contributed by atoms with Crippen LogP contribution in [0, 0.1) is 0 Å². The van der Waals surface area contributed by atoms with Crippen molar-refractivity contribution in [1.82, 2.24) is 0 Å². The van der Waals surface area contributed by atoms with E-state index in [0.717, 1.165) is 12.0 Å². The summed E-state index contributed by atoms with van der Waals surface area (Å²) in [6.07, 6.45) is 4.20. The normalized spacial score (nSPS) is 13.9. The van der Waals surface area contributed by atoms with Crippen molar-refractivity contribution in [3.63, 3.8) is 0 Å². The standard InChI is InChI=1S/C8H14FN/c1-3-8(6-9)5-4-7(2)10/h4-5H,3,6,10H2,1-2H3/b7-4+,8-5+. The van der Waals surface area contributed by atoms with Gasteiger partial charge in [0.2, 0.25) is 0 Å². The fourth-order valence-corrected chi connectivity index (χ4v) is 0.506. The van der Waals surface area contributed by atoms with Crippen LogP contribution >= 0.6 is 0 Å². The Labute approximate surface area is 61.4 Å². The van der Waals surface area contributed by atoms with Crippen LogP contribution in [-0.2, 0) is 0 Å². The summed E-state index contributed by atoms with van der Waals surface area (Å²) in [6, 6.07) is 0. The van der Waals surface area contributed by atoms with Gasteiger partial charge < -0.3 is 5.73 Å². The minimum atomic E-state index is -0.375. The number of allylic oxidation sites excluding steroid dienone is 4. The number of hydrogen-bond donors (Lipinski definition) is 1. The van der Waals surface area contributed by atoms with Gasteiger partial charge in [-0.15, -0.1) is 0 Å². The molecular formula is C8H14FN. The molecule has 0 aromatic carbocycles. The van der Waals surface area contributed by atoms with Crippen LogP contribution in [0.3, 0.4) is 0 Å². The molecule has 0 amide bonds. The molecule has 0 fully saturated rings. The summed E-state index contributed by atoms with van der Waals surface area (Å²) in [5, 5.41) is 0. The molecule has 0 saturated carbocycles. The average Bonchev–Trinajstić information content (AvgIpc) is 1.90. The molecule has 0 aliphatic carbocycles. The van der Waals surface area contributed by atoms with Crippen molar-refractivity contribution in [2.45, 2.75) is 20.3 Å².